The van der Waals surface area contributed by atoms with Crippen LogP contribution in [0.25, 0.3) is 0 Å². The molecule has 2 aromatic rings. The van der Waals surface area contributed by atoms with Crippen molar-refractivity contribution in [2.45, 2.75) is 31.4 Å². The van der Waals surface area contributed by atoms with Crippen molar-refractivity contribution in [3.63, 3.8) is 0 Å². The number of hydrogen-bond donors (Lipinski definition) is 1. The van der Waals surface area contributed by atoms with Gasteiger partial charge in [-0.15, -0.1) is 11.3 Å². The maximum Gasteiger partial charge on any atom is 0.244 e. The van der Waals surface area contributed by atoms with E-state index in [1.165, 1.54) is 9.18 Å². The van der Waals surface area contributed by atoms with E-state index in [0.29, 0.717) is 25.2 Å². The topological polar surface area (TPSA) is 62.5 Å². The molecule has 0 aromatic carbocycles. The molecule has 0 fully saturated rings. The Morgan fingerprint density at radius 2 is 2.19 bits per heavy atom. The molecule has 2 rings (SSSR count). The fourth-order valence-corrected chi connectivity index (χ4v) is 4.05. The summed E-state index contributed by atoms with van der Waals surface area (Å²) in [5.74, 6) is 0. The van der Waals surface area contributed by atoms with Crippen molar-refractivity contribution in [2.75, 3.05) is 13.6 Å². The molecule has 0 unspecified atom stereocenters. The molecule has 7 heteroatoms. The van der Waals surface area contributed by atoms with Crippen molar-refractivity contribution in [3.8, 4) is 0 Å². The van der Waals surface area contributed by atoms with Crippen LogP contribution in [0.15, 0.2) is 34.7 Å². The first-order chi connectivity index (χ1) is 9.98. The molecule has 116 valence electrons. The van der Waals surface area contributed by atoms with E-state index in [9.17, 15) is 13.5 Å². The van der Waals surface area contributed by atoms with Crippen molar-refractivity contribution in [1.29, 1.82) is 0 Å². The van der Waals surface area contributed by atoms with Gasteiger partial charge in [-0.25, -0.2) is 12.7 Å². The highest BCUT2D eigenvalue weighted by Gasteiger charge is 2.23. The summed E-state index contributed by atoms with van der Waals surface area (Å²) in [6.07, 6.45) is 2.29. The Labute approximate surface area is 129 Å². The van der Waals surface area contributed by atoms with Crippen molar-refractivity contribution in [3.05, 3.63) is 40.3 Å². The Morgan fingerprint density at radius 3 is 2.71 bits per heavy atom. The number of likely N-dealkylation sites (N-methyl/N-ethyl adjacent to an activating group) is 1. The summed E-state index contributed by atoms with van der Waals surface area (Å²) in [6.45, 7) is 2.82. The van der Waals surface area contributed by atoms with E-state index in [1.54, 1.807) is 35.2 Å². The molecule has 5 nitrogen and oxygen atoms in total. The highest BCUT2D eigenvalue weighted by Crippen LogP contribution is 2.19. The summed E-state index contributed by atoms with van der Waals surface area (Å²) in [5, 5.41) is 11.3. The molecule has 2 aromatic heterocycles. The standard InChI is InChI=1S/C14H20N2O3S2/c1-3-16-10-14(9-12(16)11-17)21(18,19)15(2)7-6-13-5-4-8-20-13/h4-5,8-10,17H,3,6-7,11H2,1-2H3. The van der Waals surface area contributed by atoms with E-state index >= 15 is 0 Å². The van der Waals surface area contributed by atoms with Crippen LogP contribution in [0.4, 0.5) is 0 Å². The van der Waals surface area contributed by atoms with Gasteiger partial charge in [0.25, 0.3) is 0 Å². The molecule has 21 heavy (non-hydrogen) atoms. The quantitative estimate of drug-likeness (QED) is 0.845. The number of aryl methyl sites for hydroxylation is 1. The zero-order valence-corrected chi connectivity index (χ0v) is 13.8. The molecular weight excluding hydrogens is 308 g/mol. The van der Waals surface area contributed by atoms with Crippen molar-refractivity contribution >= 4 is 21.4 Å². The van der Waals surface area contributed by atoms with Crippen LogP contribution in [0, 0.1) is 0 Å². The average Bonchev–Trinajstić information content (AvgIpc) is 3.13. The van der Waals surface area contributed by atoms with E-state index in [1.807, 2.05) is 24.4 Å². The number of hydrogen-bond acceptors (Lipinski definition) is 4. The van der Waals surface area contributed by atoms with Gasteiger partial charge in [-0.1, -0.05) is 6.07 Å². The number of nitrogens with zero attached hydrogens (tertiary/aromatic N) is 2. The average molecular weight is 328 g/mol. The first-order valence-electron chi connectivity index (χ1n) is 6.77. The summed E-state index contributed by atoms with van der Waals surface area (Å²) in [7, 11) is -1.92. The lowest BCUT2D eigenvalue weighted by Crippen LogP contribution is -2.28. The Balaban J connectivity index is 2.14. The van der Waals surface area contributed by atoms with Gasteiger partial charge in [0, 0.05) is 36.9 Å². The van der Waals surface area contributed by atoms with Crippen LogP contribution in [-0.4, -0.2) is 36.0 Å². The monoisotopic (exact) mass is 328 g/mol. The van der Waals surface area contributed by atoms with E-state index in [4.69, 9.17) is 0 Å². The lowest BCUT2D eigenvalue weighted by atomic mass is 10.3. The molecule has 0 saturated carbocycles. The number of aromatic nitrogens is 1. The van der Waals surface area contributed by atoms with E-state index in [0.717, 1.165) is 0 Å². The van der Waals surface area contributed by atoms with Gasteiger partial charge in [-0.05, 0) is 30.9 Å². The number of thiophene rings is 1. The number of sulfonamides is 1. The third-order valence-corrected chi connectivity index (χ3v) is 6.18. The van der Waals surface area contributed by atoms with E-state index in [2.05, 4.69) is 0 Å². The van der Waals surface area contributed by atoms with Gasteiger partial charge < -0.3 is 9.67 Å². The van der Waals surface area contributed by atoms with E-state index in [-0.39, 0.29) is 11.5 Å². The molecule has 0 bridgehead atoms. The SMILES string of the molecule is CCn1cc(S(=O)(=O)N(C)CCc2cccs2)cc1CO. The largest absolute Gasteiger partial charge is 0.390 e. The zero-order chi connectivity index (χ0) is 15.5. The lowest BCUT2D eigenvalue weighted by molar-refractivity contribution is 0.271. The number of aliphatic hydroxyl groups is 1. The second-order valence-electron chi connectivity index (χ2n) is 4.77. The highest BCUT2D eigenvalue weighted by atomic mass is 32.2. The van der Waals surface area contributed by atoms with Crippen LogP contribution < -0.4 is 0 Å². The fourth-order valence-electron chi connectivity index (χ4n) is 2.12. The number of aliphatic hydroxyl groups excluding tert-OH is 1. The molecule has 1 N–H and O–H groups in total. The van der Waals surface area contributed by atoms with Gasteiger partial charge in [-0.3, -0.25) is 0 Å². The zero-order valence-electron chi connectivity index (χ0n) is 12.2. The lowest BCUT2D eigenvalue weighted by Gasteiger charge is -2.15. The van der Waals surface area contributed by atoms with Crippen LogP contribution in [0.3, 0.4) is 0 Å². The van der Waals surface area contributed by atoms with Gasteiger partial charge in [-0.2, -0.15) is 0 Å². The van der Waals surface area contributed by atoms with Crippen LogP contribution in [0.1, 0.15) is 17.5 Å². The van der Waals surface area contributed by atoms with Crippen molar-refractivity contribution < 1.29 is 13.5 Å². The Hall–Kier alpha value is -1.15. The summed E-state index contributed by atoms with van der Waals surface area (Å²) >= 11 is 1.63. The summed E-state index contributed by atoms with van der Waals surface area (Å²) in [5.41, 5.74) is 0.614. The number of rotatable bonds is 7. The molecule has 0 atom stereocenters. The van der Waals surface area contributed by atoms with Crippen molar-refractivity contribution in [2.24, 2.45) is 0 Å². The minimum absolute atomic E-state index is 0.164. The minimum atomic E-state index is -3.51. The predicted octanol–water partition coefficient (Wildman–Crippen LogP) is 1.93. The predicted molar refractivity (Wildman–Crippen MR) is 83.9 cm³/mol. The highest BCUT2D eigenvalue weighted by molar-refractivity contribution is 7.89. The molecule has 0 spiro atoms. The third kappa shape index (κ3) is 3.55. The van der Waals surface area contributed by atoms with Gasteiger partial charge in [0.2, 0.25) is 10.0 Å². The molecule has 0 aliphatic heterocycles. The first kappa shape index (κ1) is 16.2. The van der Waals surface area contributed by atoms with Crippen LogP contribution in [0.2, 0.25) is 0 Å². The second kappa shape index (κ2) is 6.74. The van der Waals surface area contributed by atoms with Gasteiger partial charge in [0.05, 0.1) is 6.61 Å². The van der Waals surface area contributed by atoms with Crippen LogP contribution in [-0.2, 0) is 29.6 Å². The fraction of sp³-hybridized carbons (Fsp3) is 0.429. The maximum absolute atomic E-state index is 12.5. The first-order valence-corrected chi connectivity index (χ1v) is 9.09. The Morgan fingerprint density at radius 1 is 1.43 bits per heavy atom. The third-order valence-electron chi connectivity index (χ3n) is 3.42. The molecule has 0 amide bonds. The van der Waals surface area contributed by atoms with Crippen LogP contribution >= 0.6 is 11.3 Å². The molecule has 0 saturated heterocycles. The summed E-state index contributed by atoms with van der Waals surface area (Å²) in [4.78, 5) is 1.40. The normalized spacial score (nSPS) is 12.2. The molecular formula is C14H20N2O3S2. The van der Waals surface area contributed by atoms with Gasteiger partial charge in [0.15, 0.2) is 0 Å². The smallest absolute Gasteiger partial charge is 0.244 e. The van der Waals surface area contributed by atoms with Gasteiger partial charge in [0.1, 0.15) is 4.90 Å². The summed E-state index contributed by atoms with van der Waals surface area (Å²) in [6, 6.07) is 5.51. The Bertz CT molecular complexity index is 654. The Kier molecular flexibility index (Phi) is 5.21. The molecule has 0 aliphatic rings. The van der Waals surface area contributed by atoms with E-state index < -0.39 is 10.0 Å². The minimum Gasteiger partial charge on any atom is -0.390 e. The summed E-state index contributed by atoms with van der Waals surface area (Å²) < 4.78 is 28.2. The molecule has 2 heterocycles. The second-order valence-corrected chi connectivity index (χ2v) is 7.84. The molecule has 0 radical (unpaired) electrons. The van der Waals surface area contributed by atoms with Crippen LogP contribution in [0.5, 0.6) is 0 Å². The molecule has 0 aliphatic carbocycles. The van der Waals surface area contributed by atoms with Crippen molar-refractivity contribution in [1.82, 2.24) is 8.87 Å². The maximum atomic E-state index is 12.5. The van der Waals surface area contributed by atoms with Gasteiger partial charge >= 0.3 is 0 Å².